The second-order valence-corrected chi connectivity index (χ2v) is 5.18. The predicted octanol–water partition coefficient (Wildman–Crippen LogP) is 5.43. The quantitative estimate of drug-likeness (QED) is 0.638. The summed E-state index contributed by atoms with van der Waals surface area (Å²) in [5.74, 6) is 0.614. The van der Waals surface area contributed by atoms with Crippen LogP contribution in [0.3, 0.4) is 0 Å². The number of ether oxygens (including phenoxy) is 1. The zero-order valence-corrected chi connectivity index (χ0v) is 12.8. The number of hydrogen-bond donors (Lipinski definition) is 0. The molecule has 0 radical (unpaired) electrons. The molecule has 3 rings (SSSR count). The van der Waals surface area contributed by atoms with Gasteiger partial charge in [0.15, 0.2) is 0 Å². The molecule has 3 nitrogen and oxygen atoms in total. The fourth-order valence-corrected chi connectivity index (χ4v) is 2.25. The number of halogens is 3. The molecule has 0 spiro atoms. The third kappa shape index (κ3) is 3.78. The lowest BCUT2D eigenvalue weighted by atomic mass is 10.0. The van der Waals surface area contributed by atoms with Crippen molar-refractivity contribution < 1.29 is 17.9 Å². The van der Waals surface area contributed by atoms with E-state index in [-0.39, 0.29) is 11.4 Å². The van der Waals surface area contributed by atoms with E-state index in [9.17, 15) is 18.4 Å². The van der Waals surface area contributed by atoms with Crippen molar-refractivity contribution in [2.45, 2.75) is 6.18 Å². The van der Waals surface area contributed by atoms with Crippen molar-refractivity contribution in [3.63, 3.8) is 0 Å². The van der Waals surface area contributed by atoms with Crippen LogP contribution in [0.4, 0.5) is 13.2 Å². The normalized spacial score (nSPS) is 11.0. The van der Waals surface area contributed by atoms with Gasteiger partial charge in [-0.1, -0.05) is 30.3 Å². The molecule has 0 aliphatic rings. The van der Waals surface area contributed by atoms with Gasteiger partial charge in [0.1, 0.15) is 17.4 Å². The molecule has 3 aromatic rings. The number of aromatic nitrogens is 1. The molecule has 0 aliphatic heterocycles. The van der Waals surface area contributed by atoms with E-state index in [2.05, 4.69) is 4.98 Å². The molecule has 0 fully saturated rings. The van der Waals surface area contributed by atoms with Gasteiger partial charge in [0, 0.05) is 11.8 Å². The van der Waals surface area contributed by atoms with Gasteiger partial charge in [0.25, 0.3) is 0 Å². The van der Waals surface area contributed by atoms with Crippen molar-refractivity contribution in [1.82, 2.24) is 4.98 Å². The highest BCUT2D eigenvalue weighted by Gasteiger charge is 2.30. The molecule has 0 amide bonds. The lowest BCUT2D eigenvalue weighted by Gasteiger charge is -2.10. The van der Waals surface area contributed by atoms with Gasteiger partial charge in [-0.15, -0.1) is 0 Å². The summed E-state index contributed by atoms with van der Waals surface area (Å²) in [5.41, 5.74) is 0.111. The Kier molecular flexibility index (Phi) is 4.40. The van der Waals surface area contributed by atoms with Crippen molar-refractivity contribution in [2.24, 2.45) is 0 Å². The number of para-hydroxylation sites is 1. The minimum absolute atomic E-state index is 0.101. The van der Waals surface area contributed by atoms with Gasteiger partial charge in [-0.05, 0) is 35.9 Å². The van der Waals surface area contributed by atoms with Gasteiger partial charge in [-0.3, -0.25) is 0 Å². The van der Waals surface area contributed by atoms with Crippen molar-refractivity contribution in [2.75, 3.05) is 0 Å². The van der Waals surface area contributed by atoms with Gasteiger partial charge >= 0.3 is 6.18 Å². The van der Waals surface area contributed by atoms with Crippen LogP contribution < -0.4 is 4.74 Å². The summed E-state index contributed by atoms with van der Waals surface area (Å²) in [6, 6.07) is 17.1. The summed E-state index contributed by atoms with van der Waals surface area (Å²) in [7, 11) is 0. The van der Waals surface area contributed by atoms with E-state index in [1.54, 1.807) is 24.3 Å². The average molecular weight is 340 g/mol. The Labute approximate surface area is 141 Å². The number of alkyl halides is 3. The van der Waals surface area contributed by atoms with Gasteiger partial charge in [-0.25, -0.2) is 4.98 Å². The van der Waals surface area contributed by atoms with Crippen LogP contribution in [-0.2, 0) is 6.18 Å². The van der Waals surface area contributed by atoms with Crippen LogP contribution in [0.25, 0.3) is 11.1 Å². The van der Waals surface area contributed by atoms with E-state index >= 15 is 0 Å². The van der Waals surface area contributed by atoms with Crippen molar-refractivity contribution in [3.8, 4) is 28.8 Å². The van der Waals surface area contributed by atoms with Crippen LogP contribution in [0.5, 0.6) is 11.6 Å². The minimum atomic E-state index is -4.43. The molecule has 0 N–H and O–H groups in total. The summed E-state index contributed by atoms with van der Waals surface area (Å²) in [6.45, 7) is 0. The first-order valence-corrected chi connectivity index (χ1v) is 7.28. The number of nitriles is 1. The molecule has 0 aliphatic carbocycles. The maximum Gasteiger partial charge on any atom is 0.416 e. The Hall–Kier alpha value is -3.33. The Morgan fingerprint density at radius 3 is 2.36 bits per heavy atom. The number of rotatable bonds is 3. The Morgan fingerprint density at radius 2 is 1.68 bits per heavy atom. The molecule has 0 atom stereocenters. The summed E-state index contributed by atoms with van der Waals surface area (Å²) in [6.07, 6.45) is -3.05. The van der Waals surface area contributed by atoms with Crippen molar-refractivity contribution in [1.29, 1.82) is 5.26 Å². The third-order valence-electron chi connectivity index (χ3n) is 3.45. The first-order chi connectivity index (χ1) is 12.0. The zero-order valence-electron chi connectivity index (χ0n) is 12.8. The molecule has 0 unspecified atom stereocenters. The van der Waals surface area contributed by atoms with Crippen LogP contribution in [0.15, 0.2) is 66.9 Å². The molecule has 6 heteroatoms. The standard InChI is InChI=1S/C19H11F3N2O/c20-19(21,22)16-6-4-5-13(10-16)15-9-14(11-23)18(24-12-15)25-17-7-2-1-3-8-17/h1-10,12H. The molecule has 124 valence electrons. The third-order valence-corrected chi connectivity index (χ3v) is 3.45. The first kappa shape index (κ1) is 16.5. The molecule has 0 saturated carbocycles. The molecule has 0 saturated heterocycles. The van der Waals surface area contributed by atoms with Crippen molar-refractivity contribution >= 4 is 0 Å². The minimum Gasteiger partial charge on any atom is -0.438 e. The van der Waals surface area contributed by atoms with Crippen LogP contribution in [-0.4, -0.2) is 4.98 Å². The topological polar surface area (TPSA) is 45.9 Å². The highest BCUT2D eigenvalue weighted by atomic mass is 19.4. The largest absolute Gasteiger partial charge is 0.438 e. The van der Waals surface area contributed by atoms with E-state index in [0.717, 1.165) is 12.1 Å². The molecule has 0 bridgehead atoms. The molecule has 25 heavy (non-hydrogen) atoms. The summed E-state index contributed by atoms with van der Waals surface area (Å²) < 4.78 is 44.1. The number of hydrogen-bond acceptors (Lipinski definition) is 3. The van der Waals surface area contributed by atoms with E-state index in [4.69, 9.17) is 4.74 Å². The highest BCUT2D eigenvalue weighted by Crippen LogP contribution is 2.33. The second kappa shape index (κ2) is 6.65. The second-order valence-electron chi connectivity index (χ2n) is 5.18. The Morgan fingerprint density at radius 1 is 0.920 bits per heavy atom. The smallest absolute Gasteiger partial charge is 0.416 e. The van der Waals surface area contributed by atoms with E-state index in [0.29, 0.717) is 16.9 Å². The lowest BCUT2D eigenvalue weighted by Crippen LogP contribution is -2.04. The maximum absolute atomic E-state index is 12.8. The van der Waals surface area contributed by atoms with Gasteiger partial charge < -0.3 is 4.74 Å². The molecule has 1 aromatic heterocycles. The first-order valence-electron chi connectivity index (χ1n) is 7.28. The molecular weight excluding hydrogens is 329 g/mol. The molecule has 2 aromatic carbocycles. The zero-order chi connectivity index (χ0) is 17.9. The monoisotopic (exact) mass is 340 g/mol. The maximum atomic E-state index is 12.8. The Balaban J connectivity index is 1.96. The van der Waals surface area contributed by atoms with E-state index in [1.165, 1.54) is 24.4 Å². The van der Waals surface area contributed by atoms with Gasteiger partial charge in [-0.2, -0.15) is 18.4 Å². The SMILES string of the molecule is N#Cc1cc(-c2cccc(C(F)(F)F)c2)cnc1Oc1ccccc1. The van der Waals surface area contributed by atoms with Crippen LogP contribution in [0.1, 0.15) is 11.1 Å². The highest BCUT2D eigenvalue weighted by molar-refractivity contribution is 5.66. The summed E-state index contributed by atoms with van der Waals surface area (Å²) >= 11 is 0. The van der Waals surface area contributed by atoms with Gasteiger partial charge in [0.2, 0.25) is 5.88 Å². The Bertz CT molecular complexity index is 931. The van der Waals surface area contributed by atoms with Crippen LogP contribution in [0, 0.1) is 11.3 Å². The van der Waals surface area contributed by atoms with E-state index in [1.807, 2.05) is 12.1 Å². The summed E-state index contributed by atoms with van der Waals surface area (Å²) in [4.78, 5) is 4.09. The number of nitrogens with zero attached hydrogens (tertiary/aromatic N) is 2. The number of benzene rings is 2. The van der Waals surface area contributed by atoms with Gasteiger partial charge in [0.05, 0.1) is 5.56 Å². The summed E-state index contributed by atoms with van der Waals surface area (Å²) in [5, 5.41) is 9.30. The lowest BCUT2D eigenvalue weighted by molar-refractivity contribution is -0.137. The van der Waals surface area contributed by atoms with Crippen molar-refractivity contribution in [3.05, 3.63) is 78.0 Å². The fourth-order valence-electron chi connectivity index (χ4n) is 2.25. The van der Waals surface area contributed by atoms with Crippen LogP contribution in [0.2, 0.25) is 0 Å². The average Bonchev–Trinajstić information content (AvgIpc) is 2.62. The molecule has 1 heterocycles. The predicted molar refractivity (Wildman–Crippen MR) is 85.9 cm³/mol. The fraction of sp³-hybridized carbons (Fsp3) is 0.0526. The molecular formula is C19H11F3N2O. The number of pyridine rings is 1. The van der Waals surface area contributed by atoms with E-state index < -0.39 is 11.7 Å². The van der Waals surface area contributed by atoms with Crippen LogP contribution >= 0.6 is 0 Å².